The summed E-state index contributed by atoms with van der Waals surface area (Å²) in [5, 5.41) is 15.7. The monoisotopic (exact) mass is 556 g/mol. The van der Waals surface area contributed by atoms with E-state index in [2.05, 4.69) is 32.7 Å². The third kappa shape index (κ3) is 5.86. The van der Waals surface area contributed by atoms with Gasteiger partial charge in [0.2, 0.25) is 0 Å². The summed E-state index contributed by atoms with van der Waals surface area (Å²) in [7, 11) is 0. The lowest BCUT2D eigenvalue weighted by molar-refractivity contribution is 0.0854. The van der Waals surface area contributed by atoms with Gasteiger partial charge in [0.15, 0.2) is 11.5 Å². The molecule has 214 valence electrons. The lowest BCUT2D eigenvalue weighted by atomic mass is 9.79. The van der Waals surface area contributed by atoms with Gasteiger partial charge < -0.3 is 26.4 Å². The number of nitrogens with zero attached hydrogens (tertiary/aromatic N) is 3. The molecule has 2 heterocycles. The van der Waals surface area contributed by atoms with Gasteiger partial charge >= 0.3 is 6.09 Å². The minimum absolute atomic E-state index is 0.00833. The van der Waals surface area contributed by atoms with E-state index in [-0.39, 0.29) is 47.4 Å². The Morgan fingerprint density at radius 3 is 2.61 bits per heavy atom. The van der Waals surface area contributed by atoms with Gasteiger partial charge in [0.25, 0.3) is 11.8 Å². The number of anilines is 1. The van der Waals surface area contributed by atoms with Crippen molar-refractivity contribution in [3.63, 3.8) is 0 Å². The van der Waals surface area contributed by atoms with Crippen LogP contribution in [0.5, 0.6) is 0 Å². The summed E-state index contributed by atoms with van der Waals surface area (Å²) in [5.74, 6) is -0.720. The van der Waals surface area contributed by atoms with Crippen LogP contribution in [0.2, 0.25) is 0 Å². The first-order chi connectivity index (χ1) is 19.5. The van der Waals surface area contributed by atoms with Crippen molar-refractivity contribution in [2.75, 3.05) is 18.8 Å². The van der Waals surface area contributed by atoms with Gasteiger partial charge in [-0.05, 0) is 53.9 Å². The zero-order valence-corrected chi connectivity index (χ0v) is 23.6. The van der Waals surface area contributed by atoms with Crippen LogP contribution < -0.4 is 16.4 Å². The highest BCUT2D eigenvalue weighted by Gasteiger charge is 2.44. The number of amides is 3. The molecular formula is C31H36N6O4. The van der Waals surface area contributed by atoms with Crippen molar-refractivity contribution < 1.29 is 19.5 Å². The second-order valence-electron chi connectivity index (χ2n) is 11.9. The van der Waals surface area contributed by atoms with Gasteiger partial charge in [-0.1, -0.05) is 57.2 Å². The molecule has 2 aliphatic rings. The van der Waals surface area contributed by atoms with E-state index in [1.54, 1.807) is 24.3 Å². The Labute approximate surface area is 239 Å². The summed E-state index contributed by atoms with van der Waals surface area (Å²) in [6.45, 7) is 6.72. The fraction of sp³-hybridized carbons (Fsp3) is 0.387. The molecule has 3 aromatic rings. The van der Waals surface area contributed by atoms with Crippen LogP contribution in [0.4, 0.5) is 10.6 Å². The molecule has 5 N–H and O–H groups in total. The molecular weight excluding hydrogens is 520 g/mol. The number of aryl methyl sites for hydroxylation is 1. The number of aromatic nitrogens is 2. The summed E-state index contributed by atoms with van der Waals surface area (Å²) in [6.07, 6.45) is 2.97. The molecule has 1 aromatic heterocycles. The molecule has 1 aliphatic heterocycles. The Bertz CT molecular complexity index is 1480. The fourth-order valence-corrected chi connectivity index (χ4v) is 6.24. The maximum atomic E-state index is 13.2. The third-order valence-corrected chi connectivity index (χ3v) is 8.06. The number of carbonyl (C=O) groups excluding carboxylic acids is 2. The van der Waals surface area contributed by atoms with Crippen LogP contribution in [-0.2, 0) is 6.42 Å². The third-order valence-electron chi connectivity index (χ3n) is 8.06. The van der Waals surface area contributed by atoms with Gasteiger partial charge in [0, 0.05) is 30.3 Å². The summed E-state index contributed by atoms with van der Waals surface area (Å²) in [6, 6.07) is 14.9. The zero-order chi connectivity index (χ0) is 29.3. The maximum Gasteiger partial charge on any atom is 0.407 e. The Morgan fingerprint density at radius 1 is 1.07 bits per heavy atom. The van der Waals surface area contributed by atoms with Crippen LogP contribution in [0.25, 0.3) is 11.3 Å². The van der Waals surface area contributed by atoms with E-state index >= 15 is 0 Å². The number of nitrogens with one attached hydrogen (secondary N) is 2. The number of carbonyl (C=O) groups is 3. The number of carboxylic acid groups (broad SMARTS) is 1. The van der Waals surface area contributed by atoms with Gasteiger partial charge in [-0.3, -0.25) is 9.59 Å². The van der Waals surface area contributed by atoms with Gasteiger partial charge in [-0.15, -0.1) is 0 Å². The quantitative estimate of drug-likeness (QED) is 0.354. The Balaban J connectivity index is 1.29. The number of nitrogens with two attached hydrogens (primary N) is 1. The number of fused-ring (bicyclic) bond motifs is 1. The van der Waals surface area contributed by atoms with Crippen molar-refractivity contribution in [1.29, 1.82) is 0 Å². The highest BCUT2D eigenvalue weighted by atomic mass is 16.4. The van der Waals surface area contributed by atoms with Crippen molar-refractivity contribution >= 4 is 23.7 Å². The second kappa shape index (κ2) is 11.2. The van der Waals surface area contributed by atoms with Crippen molar-refractivity contribution in [1.82, 2.24) is 25.5 Å². The molecule has 2 aromatic carbocycles. The standard InChI is InChI=1S/C31H36N6O4/c1-31(2,3)26-21(13-14-37(26)30(40)41)16-34-29(39)25-27(32)33-17-24(35-25)19-8-6-9-20(15-19)28(38)36-23-12-11-18-7-4-5-10-22(18)23/h4-10,15,17,21,23,26H,11-14,16H2,1-3H3,(H2,32,33)(H,34,39)(H,36,38)(H,40,41)/t21-,23+,26?/m1/s1. The average Bonchev–Trinajstić information content (AvgIpc) is 3.57. The Morgan fingerprint density at radius 2 is 1.85 bits per heavy atom. The lowest BCUT2D eigenvalue weighted by Gasteiger charge is -2.37. The largest absolute Gasteiger partial charge is 0.465 e. The molecule has 1 unspecified atom stereocenters. The molecule has 3 amide bonds. The van der Waals surface area contributed by atoms with E-state index in [0.29, 0.717) is 29.8 Å². The Hall–Kier alpha value is -4.47. The highest BCUT2D eigenvalue weighted by Crippen LogP contribution is 2.37. The molecule has 10 nitrogen and oxygen atoms in total. The highest BCUT2D eigenvalue weighted by molar-refractivity contribution is 5.97. The van der Waals surface area contributed by atoms with Crippen LogP contribution >= 0.6 is 0 Å². The van der Waals surface area contributed by atoms with E-state index in [0.717, 1.165) is 18.4 Å². The van der Waals surface area contributed by atoms with Crippen LogP contribution in [0.3, 0.4) is 0 Å². The molecule has 5 rings (SSSR count). The number of likely N-dealkylation sites (tertiary alicyclic amines) is 1. The second-order valence-corrected chi connectivity index (χ2v) is 11.9. The van der Waals surface area contributed by atoms with Gasteiger partial charge in [-0.2, -0.15) is 0 Å². The predicted octanol–water partition coefficient (Wildman–Crippen LogP) is 4.29. The molecule has 1 saturated heterocycles. The number of hydrogen-bond donors (Lipinski definition) is 4. The van der Waals surface area contributed by atoms with E-state index in [1.165, 1.54) is 16.7 Å². The number of benzene rings is 2. The first-order valence-electron chi connectivity index (χ1n) is 13.9. The topological polar surface area (TPSA) is 151 Å². The zero-order valence-electron chi connectivity index (χ0n) is 23.6. The predicted molar refractivity (Wildman–Crippen MR) is 155 cm³/mol. The summed E-state index contributed by atoms with van der Waals surface area (Å²) >= 11 is 0. The van der Waals surface area contributed by atoms with Crippen molar-refractivity contribution in [3.8, 4) is 11.3 Å². The number of rotatable bonds is 6. The first-order valence-corrected chi connectivity index (χ1v) is 13.9. The van der Waals surface area contributed by atoms with E-state index in [1.807, 2.05) is 32.9 Å². The van der Waals surface area contributed by atoms with Gasteiger partial charge in [0.1, 0.15) is 0 Å². The molecule has 0 spiro atoms. The minimum atomic E-state index is -0.953. The SMILES string of the molecule is CC(C)(C)C1[C@@H](CNC(=O)c2nc(-c3cccc(C(=O)N[C@H]4CCc5ccccc54)c3)cnc2N)CCN1C(=O)O. The van der Waals surface area contributed by atoms with Crippen molar-refractivity contribution in [3.05, 3.63) is 77.1 Å². The van der Waals surface area contributed by atoms with Gasteiger partial charge in [-0.25, -0.2) is 14.8 Å². The van der Waals surface area contributed by atoms with Crippen LogP contribution in [-0.4, -0.2) is 57.0 Å². The molecule has 0 bridgehead atoms. The Kier molecular flexibility index (Phi) is 7.66. The smallest absolute Gasteiger partial charge is 0.407 e. The minimum Gasteiger partial charge on any atom is -0.465 e. The van der Waals surface area contributed by atoms with E-state index in [4.69, 9.17) is 5.73 Å². The molecule has 1 aliphatic carbocycles. The number of nitrogen functional groups attached to an aromatic ring is 1. The molecule has 3 atom stereocenters. The average molecular weight is 557 g/mol. The van der Waals surface area contributed by atoms with E-state index < -0.39 is 12.0 Å². The fourth-order valence-electron chi connectivity index (χ4n) is 6.24. The van der Waals surface area contributed by atoms with Crippen molar-refractivity contribution in [2.45, 2.75) is 52.1 Å². The van der Waals surface area contributed by atoms with Crippen molar-refractivity contribution in [2.24, 2.45) is 11.3 Å². The van der Waals surface area contributed by atoms with Crippen LogP contribution in [0.15, 0.2) is 54.7 Å². The molecule has 0 saturated carbocycles. The molecule has 0 radical (unpaired) electrons. The summed E-state index contributed by atoms with van der Waals surface area (Å²) in [5.41, 5.74) is 9.67. The summed E-state index contributed by atoms with van der Waals surface area (Å²) in [4.78, 5) is 48.2. The normalized spacial score (nSPS) is 20.0. The van der Waals surface area contributed by atoms with Crippen LogP contribution in [0.1, 0.15) is 71.6 Å². The summed E-state index contributed by atoms with van der Waals surface area (Å²) < 4.78 is 0. The molecule has 10 heteroatoms. The first kappa shape index (κ1) is 28.1. The molecule has 41 heavy (non-hydrogen) atoms. The van der Waals surface area contributed by atoms with Crippen LogP contribution in [0, 0.1) is 11.3 Å². The molecule has 1 fully saturated rings. The van der Waals surface area contributed by atoms with E-state index in [9.17, 15) is 19.5 Å². The van der Waals surface area contributed by atoms with Gasteiger partial charge in [0.05, 0.1) is 17.9 Å². The maximum absolute atomic E-state index is 13.2. The number of hydrogen-bond acceptors (Lipinski definition) is 6. The lowest BCUT2D eigenvalue weighted by Crippen LogP contribution is -2.48.